The molecule has 0 bridgehead atoms. The molecule has 3 heteroatoms. The van der Waals surface area contributed by atoms with Crippen LogP contribution in [0.5, 0.6) is 0 Å². The number of hydrogen-bond donors (Lipinski definition) is 2. The average Bonchev–Trinajstić information content (AvgIpc) is 2.28. The Morgan fingerprint density at radius 2 is 2.24 bits per heavy atom. The summed E-state index contributed by atoms with van der Waals surface area (Å²) in [7, 11) is 0. The van der Waals surface area contributed by atoms with Gasteiger partial charge in [0.25, 0.3) is 0 Å². The van der Waals surface area contributed by atoms with E-state index in [9.17, 15) is 5.11 Å². The summed E-state index contributed by atoms with van der Waals surface area (Å²) in [6, 6.07) is 6.55. The molecule has 1 atom stereocenters. The minimum atomic E-state index is -0.806. The normalized spacial score (nSPS) is 18.7. The summed E-state index contributed by atoms with van der Waals surface area (Å²) in [5.74, 6) is 0. The molecule has 0 aromatic heterocycles. The van der Waals surface area contributed by atoms with Crippen molar-refractivity contribution in [1.82, 2.24) is 0 Å². The summed E-state index contributed by atoms with van der Waals surface area (Å²) in [5.41, 5.74) is 8.74. The van der Waals surface area contributed by atoms with E-state index in [4.69, 9.17) is 5.73 Å². The molecular formula is C14H22N2O. The van der Waals surface area contributed by atoms with Gasteiger partial charge >= 0.3 is 0 Å². The highest BCUT2D eigenvalue weighted by Crippen LogP contribution is 2.28. The van der Waals surface area contributed by atoms with Crippen LogP contribution in [0, 0.1) is 6.92 Å². The van der Waals surface area contributed by atoms with E-state index in [0.717, 1.165) is 19.4 Å². The van der Waals surface area contributed by atoms with Crippen LogP contribution in [-0.2, 0) is 6.42 Å². The third-order valence-corrected chi connectivity index (χ3v) is 3.42. The van der Waals surface area contributed by atoms with Gasteiger partial charge in [-0.25, -0.2) is 0 Å². The largest absolute Gasteiger partial charge is 0.387 e. The second-order valence-corrected chi connectivity index (χ2v) is 5.36. The number of hydrogen-bond acceptors (Lipinski definition) is 3. The average molecular weight is 234 g/mol. The number of nitrogens with two attached hydrogens (primary N) is 1. The molecule has 94 valence electrons. The second-order valence-electron chi connectivity index (χ2n) is 5.36. The van der Waals surface area contributed by atoms with Crippen LogP contribution in [0.4, 0.5) is 5.69 Å². The van der Waals surface area contributed by atoms with E-state index < -0.39 is 5.60 Å². The van der Waals surface area contributed by atoms with Crippen molar-refractivity contribution in [2.24, 2.45) is 5.73 Å². The van der Waals surface area contributed by atoms with Crippen LogP contribution < -0.4 is 10.6 Å². The molecule has 0 amide bonds. The van der Waals surface area contributed by atoms with E-state index in [0.29, 0.717) is 13.1 Å². The number of β-amino-alcohol motifs (C(OH)–C–C–N with tert-alkyl or cyclic N) is 1. The van der Waals surface area contributed by atoms with E-state index in [1.54, 1.807) is 6.92 Å². The van der Waals surface area contributed by atoms with Gasteiger partial charge in [-0.15, -0.1) is 0 Å². The first-order valence-electron chi connectivity index (χ1n) is 6.29. The third-order valence-electron chi connectivity index (χ3n) is 3.42. The van der Waals surface area contributed by atoms with Crippen LogP contribution in [-0.4, -0.2) is 30.3 Å². The van der Waals surface area contributed by atoms with Crippen molar-refractivity contribution in [3.8, 4) is 0 Å². The fourth-order valence-electron chi connectivity index (χ4n) is 2.44. The molecule has 2 rings (SSSR count). The van der Waals surface area contributed by atoms with Gasteiger partial charge in [-0.05, 0) is 38.3 Å². The summed E-state index contributed by atoms with van der Waals surface area (Å²) in [6.07, 6.45) is 2.29. The zero-order chi connectivity index (χ0) is 12.5. The van der Waals surface area contributed by atoms with Crippen LogP contribution >= 0.6 is 0 Å². The van der Waals surface area contributed by atoms with Crippen molar-refractivity contribution < 1.29 is 5.11 Å². The van der Waals surface area contributed by atoms with Crippen LogP contribution in [0.2, 0.25) is 0 Å². The lowest BCUT2D eigenvalue weighted by Gasteiger charge is -2.36. The molecule has 3 nitrogen and oxygen atoms in total. The number of aryl methyl sites for hydroxylation is 2. The van der Waals surface area contributed by atoms with Crippen molar-refractivity contribution in [2.45, 2.75) is 32.3 Å². The van der Waals surface area contributed by atoms with Crippen LogP contribution in [0.15, 0.2) is 18.2 Å². The fraction of sp³-hybridized carbons (Fsp3) is 0.571. The van der Waals surface area contributed by atoms with Crippen LogP contribution in [0.25, 0.3) is 0 Å². The Kier molecular flexibility index (Phi) is 3.40. The number of anilines is 1. The van der Waals surface area contributed by atoms with Crippen molar-refractivity contribution >= 4 is 5.69 Å². The number of fused-ring (bicyclic) bond motifs is 1. The zero-order valence-corrected chi connectivity index (χ0v) is 10.7. The Hall–Kier alpha value is -1.06. The maximum atomic E-state index is 10.1. The van der Waals surface area contributed by atoms with Crippen molar-refractivity contribution in [1.29, 1.82) is 0 Å². The van der Waals surface area contributed by atoms with E-state index in [2.05, 4.69) is 30.0 Å². The topological polar surface area (TPSA) is 49.5 Å². The van der Waals surface area contributed by atoms with Crippen molar-refractivity contribution in [3.05, 3.63) is 29.3 Å². The molecule has 1 unspecified atom stereocenters. The summed E-state index contributed by atoms with van der Waals surface area (Å²) in [5, 5.41) is 10.1. The molecule has 1 aliphatic rings. The van der Waals surface area contributed by atoms with Gasteiger partial charge in [0.1, 0.15) is 0 Å². The maximum Gasteiger partial charge on any atom is 0.0915 e. The highest BCUT2D eigenvalue weighted by Gasteiger charge is 2.25. The first-order valence-corrected chi connectivity index (χ1v) is 6.29. The lowest BCUT2D eigenvalue weighted by molar-refractivity contribution is 0.0757. The zero-order valence-electron chi connectivity index (χ0n) is 10.7. The quantitative estimate of drug-likeness (QED) is 0.832. The van der Waals surface area contributed by atoms with E-state index in [1.165, 1.54) is 16.8 Å². The van der Waals surface area contributed by atoms with Gasteiger partial charge in [-0.3, -0.25) is 0 Å². The van der Waals surface area contributed by atoms with Gasteiger partial charge in [0, 0.05) is 25.3 Å². The van der Waals surface area contributed by atoms with Crippen LogP contribution in [0.1, 0.15) is 24.5 Å². The Morgan fingerprint density at radius 1 is 1.47 bits per heavy atom. The molecule has 0 fully saturated rings. The maximum absolute atomic E-state index is 10.1. The minimum Gasteiger partial charge on any atom is -0.387 e. The third kappa shape index (κ3) is 2.79. The van der Waals surface area contributed by atoms with Gasteiger partial charge in [0.05, 0.1) is 5.60 Å². The fourth-order valence-corrected chi connectivity index (χ4v) is 2.44. The van der Waals surface area contributed by atoms with Gasteiger partial charge in [0.2, 0.25) is 0 Å². The summed E-state index contributed by atoms with van der Waals surface area (Å²) in [6.45, 7) is 5.83. The molecule has 0 radical (unpaired) electrons. The Labute approximate surface area is 103 Å². The highest BCUT2D eigenvalue weighted by atomic mass is 16.3. The highest BCUT2D eigenvalue weighted by molar-refractivity contribution is 5.57. The minimum absolute atomic E-state index is 0.296. The molecule has 1 aromatic rings. The molecule has 3 N–H and O–H groups in total. The number of rotatable bonds is 3. The van der Waals surface area contributed by atoms with Crippen molar-refractivity contribution in [2.75, 3.05) is 24.5 Å². The van der Waals surface area contributed by atoms with Crippen LogP contribution in [0.3, 0.4) is 0 Å². The molecule has 0 aliphatic carbocycles. The molecule has 1 aromatic carbocycles. The second kappa shape index (κ2) is 4.67. The van der Waals surface area contributed by atoms with Gasteiger partial charge in [-0.1, -0.05) is 17.7 Å². The van der Waals surface area contributed by atoms with Gasteiger partial charge in [0.15, 0.2) is 0 Å². The monoisotopic (exact) mass is 234 g/mol. The lowest BCUT2D eigenvalue weighted by atomic mass is 9.97. The Bertz CT molecular complexity index is 401. The molecule has 0 saturated heterocycles. The summed E-state index contributed by atoms with van der Waals surface area (Å²) >= 11 is 0. The predicted molar refractivity (Wildman–Crippen MR) is 71.4 cm³/mol. The van der Waals surface area contributed by atoms with Gasteiger partial charge < -0.3 is 15.7 Å². The van der Waals surface area contributed by atoms with E-state index in [-0.39, 0.29) is 0 Å². The Balaban J connectivity index is 2.23. The number of benzene rings is 1. The predicted octanol–water partition coefficient (Wildman–Crippen LogP) is 1.46. The molecule has 0 saturated carbocycles. The smallest absolute Gasteiger partial charge is 0.0915 e. The van der Waals surface area contributed by atoms with E-state index in [1.807, 2.05) is 0 Å². The molecule has 0 spiro atoms. The number of aliphatic hydroxyl groups is 1. The summed E-state index contributed by atoms with van der Waals surface area (Å²) in [4.78, 5) is 2.26. The lowest BCUT2D eigenvalue weighted by Crippen LogP contribution is -2.47. The first-order chi connectivity index (χ1) is 8.02. The SMILES string of the molecule is Cc1ccc2c(c1)CCCN2CC(C)(O)CN. The standard InChI is InChI=1S/C14H22N2O/c1-11-5-6-13-12(8-11)4-3-7-16(13)10-14(2,17)9-15/h5-6,8,17H,3-4,7,9-10,15H2,1-2H3. The van der Waals surface area contributed by atoms with Crippen molar-refractivity contribution in [3.63, 3.8) is 0 Å². The summed E-state index contributed by atoms with van der Waals surface area (Å²) < 4.78 is 0. The van der Waals surface area contributed by atoms with Gasteiger partial charge in [-0.2, -0.15) is 0 Å². The van der Waals surface area contributed by atoms with E-state index >= 15 is 0 Å². The molecule has 1 aliphatic heterocycles. The first kappa shape index (κ1) is 12.4. The molecule has 17 heavy (non-hydrogen) atoms. The molecular weight excluding hydrogens is 212 g/mol. The molecule has 1 heterocycles. The number of nitrogens with zero attached hydrogens (tertiary/aromatic N) is 1. The Morgan fingerprint density at radius 3 is 2.94 bits per heavy atom.